The Hall–Kier alpha value is -1.11. The van der Waals surface area contributed by atoms with E-state index in [0.717, 1.165) is 15.7 Å². The zero-order valence-corrected chi connectivity index (χ0v) is 12.3. The molecule has 1 heterocycles. The number of thiazole rings is 1. The van der Waals surface area contributed by atoms with Crippen LogP contribution in [0.15, 0.2) is 27.5 Å². The molecule has 0 aliphatic carbocycles. The molecule has 2 aromatic rings. The number of ether oxygens (including phenoxy) is 2. The predicted octanol–water partition coefficient (Wildman–Crippen LogP) is 2.95. The third-order valence-electron chi connectivity index (χ3n) is 2.37. The Morgan fingerprint density at radius 3 is 2.89 bits per heavy atom. The van der Waals surface area contributed by atoms with E-state index in [0.29, 0.717) is 24.7 Å². The van der Waals surface area contributed by atoms with Gasteiger partial charge in [0.15, 0.2) is 11.5 Å². The second-order valence-electron chi connectivity index (χ2n) is 3.58. The van der Waals surface area contributed by atoms with Gasteiger partial charge in [-0.3, -0.25) is 0 Å². The van der Waals surface area contributed by atoms with Crippen LogP contribution in [0.4, 0.5) is 0 Å². The molecule has 0 atom stereocenters. The van der Waals surface area contributed by atoms with E-state index in [1.807, 2.05) is 17.5 Å². The first-order valence-electron chi connectivity index (χ1n) is 5.31. The molecule has 0 amide bonds. The largest absolute Gasteiger partial charge is 0.493 e. The van der Waals surface area contributed by atoms with E-state index in [-0.39, 0.29) is 0 Å². The smallest absolute Gasteiger partial charge is 0.175 e. The average molecular weight is 329 g/mol. The number of aromatic nitrogens is 1. The molecule has 0 bridgehead atoms. The van der Waals surface area contributed by atoms with E-state index in [1.165, 1.54) is 0 Å². The van der Waals surface area contributed by atoms with Gasteiger partial charge >= 0.3 is 0 Å². The van der Waals surface area contributed by atoms with Crippen LogP contribution in [0.5, 0.6) is 11.5 Å². The van der Waals surface area contributed by atoms with Crippen LogP contribution in [0, 0.1) is 0 Å². The van der Waals surface area contributed by atoms with E-state index in [2.05, 4.69) is 20.9 Å². The Bertz CT molecular complexity index is 517. The van der Waals surface area contributed by atoms with Gasteiger partial charge < -0.3 is 15.2 Å². The van der Waals surface area contributed by atoms with Crippen LogP contribution in [0.2, 0.25) is 0 Å². The van der Waals surface area contributed by atoms with E-state index in [4.69, 9.17) is 15.2 Å². The molecule has 0 aliphatic heterocycles. The minimum Gasteiger partial charge on any atom is -0.493 e. The van der Waals surface area contributed by atoms with Crippen LogP contribution in [-0.2, 0) is 13.2 Å². The zero-order chi connectivity index (χ0) is 13.0. The number of nitrogens with two attached hydrogens (primary N) is 1. The van der Waals surface area contributed by atoms with Gasteiger partial charge in [0.2, 0.25) is 0 Å². The van der Waals surface area contributed by atoms with Crippen molar-refractivity contribution in [3.05, 3.63) is 38.8 Å². The monoisotopic (exact) mass is 328 g/mol. The summed E-state index contributed by atoms with van der Waals surface area (Å²) in [7, 11) is 1.61. The molecule has 2 rings (SSSR count). The number of hydrogen-bond donors (Lipinski definition) is 1. The quantitative estimate of drug-likeness (QED) is 0.916. The van der Waals surface area contributed by atoms with Crippen molar-refractivity contribution >= 4 is 27.3 Å². The molecule has 1 aromatic carbocycles. The SMILES string of the molecule is COc1cc(CN)cc(Br)c1OCc1cscn1. The van der Waals surface area contributed by atoms with E-state index >= 15 is 0 Å². The lowest BCUT2D eigenvalue weighted by atomic mass is 10.2. The van der Waals surface area contributed by atoms with Gasteiger partial charge in [-0.1, -0.05) is 0 Å². The fraction of sp³-hybridized carbons (Fsp3) is 0.250. The lowest BCUT2D eigenvalue weighted by Crippen LogP contribution is -2.02. The molecule has 4 nitrogen and oxygen atoms in total. The number of nitrogens with zero attached hydrogens (tertiary/aromatic N) is 1. The summed E-state index contributed by atoms with van der Waals surface area (Å²) in [4.78, 5) is 4.17. The Labute approximate surface area is 118 Å². The molecule has 0 radical (unpaired) electrons. The van der Waals surface area contributed by atoms with Gasteiger partial charge in [0.05, 0.1) is 22.8 Å². The Morgan fingerprint density at radius 1 is 1.44 bits per heavy atom. The first-order chi connectivity index (χ1) is 8.74. The lowest BCUT2D eigenvalue weighted by molar-refractivity contribution is 0.279. The Morgan fingerprint density at radius 2 is 2.28 bits per heavy atom. The number of benzene rings is 1. The van der Waals surface area contributed by atoms with Crippen molar-refractivity contribution in [1.29, 1.82) is 0 Å². The predicted molar refractivity (Wildman–Crippen MR) is 75.0 cm³/mol. The molecule has 0 saturated heterocycles. The average Bonchev–Trinajstić information content (AvgIpc) is 2.89. The highest BCUT2D eigenvalue weighted by atomic mass is 79.9. The van der Waals surface area contributed by atoms with Gasteiger partial charge in [0, 0.05) is 11.9 Å². The van der Waals surface area contributed by atoms with Gasteiger partial charge in [-0.25, -0.2) is 4.98 Å². The highest BCUT2D eigenvalue weighted by molar-refractivity contribution is 9.10. The summed E-state index contributed by atoms with van der Waals surface area (Å²) in [5.74, 6) is 1.34. The second-order valence-corrected chi connectivity index (χ2v) is 5.15. The molecular formula is C12H13BrN2O2S. The topological polar surface area (TPSA) is 57.4 Å². The number of rotatable bonds is 5. The highest BCUT2D eigenvalue weighted by Gasteiger charge is 2.11. The Balaban J connectivity index is 2.20. The van der Waals surface area contributed by atoms with Crippen molar-refractivity contribution in [3.8, 4) is 11.5 Å². The summed E-state index contributed by atoms with van der Waals surface area (Å²) in [5, 5.41) is 1.95. The van der Waals surface area contributed by atoms with Crippen molar-refractivity contribution in [2.75, 3.05) is 7.11 Å². The highest BCUT2D eigenvalue weighted by Crippen LogP contribution is 2.37. The number of methoxy groups -OCH3 is 1. The summed E-state index contributed by atoms with van der Waals surface area (Å²) >= 11 is 5.01. The van der Waals surface area contributed by atoms with Crippen LogP contribution in [0.25, 0.3) is 0 Å². The molecule has 18 heavy (non-hydrogen) atoms. The van der Waals surface area contributed by atoms with E-state index in [1.54, 1.807) is 24.0 Å². The van der Waals surface area contributed by atoms with Crippen LogP contribution < -0.4 is 15.2 Å². The fourth-order valence-corrected chi connectivity index (χ4v) is 2.63. The second kappa shape index (κ2) is 6.17. The van der Waals surface area contributed by atoms with E-state index in [9.17, 15) is 0 Å². The van der Waals surface area contributed by atoms with Gasteiger partial charge in [-0.05, 0) is 33.6 Å². The number of hydrogen-bond acceptors (Lipinski definition) is 5. The molecule has 1 aromatic heterocycles. The molecule has 0 aliphatic rings. The maximum Gasteiger partial charge on any atom is 0.175 e. The molecular weight excluding hydrogens is 316 g/mol. The first kappa shape index (κ1) is 13.3. The summed E-state index contributed by atoms with van der Waals surface area (Å²) in [6.45, 7) is 0.877. The van der Waals surface area contributed by atoms with Crippen LogP contribution in [0.3, 0.4) is 0 Å². The standard InChI is InChI=1S/C12H13BrN2O2S/c1-16-11-3-8(4-14)2-10(13)12(11)17-5-9-6-18-7-15-9/h2-3,6-7H,4-5,14H2,1H3. The summed E-state index contributed by atoms with van der Waals surface area (Å²) in [5.41, 5.74) is 9.28. The normalized spacial score (nSPS) is 10.4. The molecule has 6 heteroatoms. The van der Waals surface area contributed by atoms with Crippen LogP contribution >= 0.6 is 27.3 Å². The fourth-order valence-electron chi connectivity index (χ4n) is 1.49. The summed E-state index contributed by atoms with van der Waals surface area (Å²) < 4.78 is 11.9. The summed E-state index contributed by atoms with van der Waals surface area (Å²) in [6.07, 6.45) is 0. The minimum absolute atomic E-state index is 0.417. The van der Waals surface area contributed by atoms with E-state index < -0.39 is 0 Å². The van der Waals surface area contributed by atoms with Crippen LogP contribution in [-0.4, -0.2) is 12.1 Å². The van der Waals surface area contributed by atoms with Gasteiger partial charge in [-0.15, -0.1) is 11.3 Å². The Kier molecular flexibility index (Phi) is 4.57. The number of halogens is 1. The van der Waals surface area contributed by atoms with Crippen LogP contribution in [0.1, 0.15) is 11.3 Å². The molecule has 0 spiro atoms. The van der Waals surface area contributed by atoms with Gasteiger partial charge in [-0.2, -0.15) is 0 Å². The minimum atomic E-state index is 0.417. The van der Waals surface area contributed by atoms with Crippen molar-refractivity contribution in [2.24, 2.45) is 5.73 Å². The van der Waals surface area contributed by atoms with Gasteiger partial charge in [0.25, 0.3) is 0 Å². The van der Waals surface area contributed by atoms with Crippen molar-refractivity contribution < 1.29 is 9.47 Å². The van der Waals surface area contributed by atoms with Crippen molar-refractivity contribution in [1.82, 2.24) is 4.98 Å². The molecule has 0 saturated carbocycles. The summed E-state index contributed by atoms with van der Waals surface area (Å²) in [6, 6.07) is 3.81. The molecule has 2 N–H and O–H groups in total. The zero-order valence-electron chi connectivity index (χ0n) is 9.85. The first-order valence-corrected chi connectivity index (χ1v) is 7.04. The lowest BCUT2D eigenvalue weighted by Gasteiger charge is -2.13. The molecule has 96 valence electrons. The molecule has 0 fully saturated rings. The third kappa shape index (κ3) is 3.01. The maximum atomic E-state index is 5.73. The van der Waals surface area contributed by atoms with Gasteiger partial charge in [0.1, 0.15) is 6.61 Å². The third-order valence-corrected chi connectivity index (χ3v) is 3.60. The van der Waals surface area contributed by atoms with Crippen molar-refractivity contribution in [3.63, 3.8) is 0 Å². The van der Waals surface area contributed by atoms with Crippen molar-refractivity contribution in [2.45, 2.75) is 13.2 Å². The molecule has 0 unspecified atom stereocenters. The maximum absolute atomic E-state index is 5.73.